The van der Waals surface area contributed by atoms with Crippen LogP contribution in [-0.2, 0) is 17.8 Å². The Bertz CT molecular complexity index is 248. The molecule has 1 aromatic carbocycles. The summed E-state index contributed by atoms with van der Waals surface area (Å²) in [5.74, 6) is 0.953. The standard InChI is InChI=1S/C11H16OS/c1-12-9-11-5-2-4-10(8-11)6-3-7-13/h2,4-5,8,13H,3,6-7,9H2,1H3. The lowest BCUT2D eigenvalue weighted by molar-refractivity contribution is 0.185. The number of hydrogen-bond acceptors (Lipinski definition) is 2. The third-order valence-electron chi connectivity index (χ3n) is 1.93. The average molecular weight is 196 g/mol. The molecule has 0 aliphatic rings. The second-order valence-corrected chi connectivity index (χ2v) is 3.53. The zero-order chi connectivity index (χ0) is 9.52. The van der Waals surface area contributed by atoms with E-state index in [-0.39, 0.29) is 0 Å². The molecular weight excluding hydrogens is 180 g/mol. The van der Waals surface area contributed by atoms with Crippen molar-refractivity contribution in [2.45, 2.75) is 19.4 Å². The van der Waals surface area contributed by atoms with Crippen LogP contribution in [0.5, 0.6) is 0 Å². The summed E-state index contributed by atoms with van der Waals surface area (Å²) < 4.78 is 5.07. The zero-order valence-electron chi connectivity index (χ0n) is 7.99. The van der Waals surface area contributed by atoms with E-state index in [4.69, 9.17) is 4.74 Å². The number of ether oxygens (including phenoxy) is 1. The molecule has 2 heteroatoms. The molecular formula is C11H16OS. The smallest absolute Gasteiger partial charge is 0.0713 e. The van der Waals surface area contributed by atoms with Gasteiger partial charge in [-0.05, 0) is 29.7 Å². The van der Waals surface area contributed by atoms with Gasteiger partial charge in [0.1, 0.15) is 0 Å². The molecule has 0 heterocycles. The average Bonchev–Trinajstić information content (AvgIpc) is 2.16. The van der Waals surface area contributed by atoms with Gasteiger partial charge in [0.2, 0.25) is 0 Å². The summed E-state index contributed by atoms with van der Waals surface area (Å²) in [6.07, 6.45) is 2.25. The van der Waals surface area contributed by atoms with Crippen molar-refractivity contribution >= 4 is 12.6 Å². The number of benzene rings is 1. The van der Waals surface area contributed by atoms with Crippen LogP contribution in [0.25, 0.3) is 0 Å². The third-order valence-corrected chi connectivity index (χ3v) is 2.24. The van der Waals surface area contributed by atoms with Crippen LogP contribution in [0.2, 0.25) is 0 Å². The van der Waals surface area contributed by atoms with E-state index in [0.29, 0.717) is 6.61 Å². The molecule has 0 saturated heterocycles. The van der Waals surface area contributed by atoms with Crippen LogP contribution in [0, 0.1) is 0 Å². The van der Waals surface area contributed by atoms with Gasteiger partial charge in [-0.1, -0.05) is 24.3 Å². The molecule has 1 rings (SSSR count). The van der Waals surface area contributed by atoms with Crippen LogP contribution in [0.4, 0.5) is 0 Å². The van der Waals surface area contributed by atoms with E-state index in [1.807, 2.05) is 0 Å². The first-order chi connectivity index (χ1) is 6.36. The minimum absolute atomic E-state index is 0.703. The predicted molar refractivity (Wildman–Crippen MR) is 59.3 cm³/mol. The highest BCUT2D eigenvalue weighted by Crippen LogP contribution is 2.08. The molecule has 0 radical (unpaired) electrons. The number of methoxy groups -OCH3 is 1. The molecule has 0 aromatic heterocycles. The van der Waals surface area contributed by atoms with Crippen LogP contribution in [0.15, 0.2) is 24.3 Å². The van der Waals surface area contributed by atoms with Crippen molar-refractivity contribution in [2.24, 2.45) is 0 Å². The normalized spacial score (nSPS) is 10.3. The molecule has 0 atom stereocenters. The van der Waals surface area contributed by atoms with Gasteiger partial charge in [-0.15, -0.1) is 0 Å². The minimum Gasteiger partial charge on any atom is -0.380 e. The van der Waals surface area contributed by atoms with Crippen LogP contribution in [0.3, 0.4) is 0 Å². The van der Waals surface area contributed by atoms with Crippen molar-refractivity contribution in [1.29, 1.82) is 0 Å². The summed E-state index contributed by atoms with van der Waals surface area (Å²) in [6, 6.07) is 8.53. The molecule has 0 unspecified atom stereocenters. The monoisotopic (exact) mass is 196 g/mol. The van der Waals surface area contributed by atoms with Gasteiger partial charge in [-0.3, -0.25) is 0 Å². The first kappa shape index (κ1) is 10.6. The van der Waals surface area contributed by atoms with E-state index in [1.54, 1.807) is 7.11 Å². The summed E-state index contributed by atoms with van der Waals surface area (Å²) in [5.41, 5.74) is 2.63. The Morgan fingerprint density at radius 1 is 1.31 bits per heavy atom. The Morgan fingerprint density at radius 3 is 2.77 bits per heavy atom. The van der Waals surface area contributed by atoms with Crippen molar-refractivity contribution in [1.82, 2.24) is 0 Å². The predicted octanol–water partition coefficient (Wildman–Crippen LogP) is 2.70. The van der Waals surface area contributed by atoms with Crippen molar-refractivity contribution in [3.05, 3.63) is 35.4 Å². The van der Waals surface area contributed by atoms with E-state index < -0.39 is 0 Å². The highest BCUT2D eigenvalue weighted by atomic mass is 32.1. The number of aryl methyl sites for hydroxylation is 1. The van der Waals surface area contributed by atoms with Crippen molar-refractivity contribution < 1.29 is 4.74 Å². The molecule has 13 heavy (non-hydrogen) atoms. The lowest BCUT2D eigenvalue weighted by Gasteiger charge is -2.03. The van der Waals surface area contributed by atoms with Crippen LogP contribution in [0.1, 0.15) is 17.5 Å². The number of thiol groups is 1. The molecule has 0 saturated carbocycles. The fourth-order valence-electron chi connectivity index (χ4n) is 1.32. The quantitative estimate of drug-likeness (QED) is 0.712. The van der Waals surface area contributed by atoms with Crippen molar-refractivity contribution in [2.75, 3.05) is 12.9 Å². The van der Waals surface area contributed by atoms with Gasteiger partial charge in [0.05, 0.1) is 6.61 Å². The number of hydrogen-bond donors (Lipinski definition) is 1. The fraction of sp³-hybridized carbons (Fsp3) is 0.455. The minimum atomic E-state index is 0.703. The van der Waals surface area contributed by atoms with Crippen molar-refractivity contribution in [3.8, 4) is 0 Å². The molecule has 0 N–H and O–H groups in total. The summed E-state index contributed by atoms with van der Waals surface area (Å²) >= 11 is 4.19. The lowest BCUT2D eigenvalue weighted by atomic mass is 10.1. The highest BCUT2D eigenvalue weighted by molar-refractivity contribution is 7.80. The SMILES string of the molecule is COCc1cccc(CCCS)c1. The Hall–Kier alpha value is -0.470. The Morgan fingerprint density at radius 2 is 2.08 bits per heavy atom. The Balaban J connectivity index is 2.56. The fourth-order valence-corrected chi connectivity index (χ4v) is 1.48. The molecule has 0 amide bonds. The van der Waals surface area contributed by atoms with Gasteiger partial charge in [-0.25, -0.2) is 0 Å². The second kappa shape index (κ2) is 6.06. The van der Waals surface area contributed by atoms with Gasteiger partial charge in [0.15, 0.2) is 0 Å². The third kappa shape index (κ3) is 3.83. The maximum Gasteiger partial charge on any atom is 0.0713 e. The van der Waals surface area contributed by atoms with Crippen molar-refractivity contribution in [3.63, 3.8) is 0 Å². The Labute approximate surface area is 85.5 Å². The summed E-state index contributed by atoms with van der Waals surface area (Å²) in [4.78, 5) is 0. The lowest BCUT2D eigenvalue weighted by Crippen LogP contribution is -1.91. The largest absolute Gasteiger partial charge is 0.380 e. The number of rotatable bonds is 5. The molecule has 1 aromatic rings. The maximum atomic E-state index is 5.07. The van der Waals surface area contributed by atoms with Gasteiger partial charge in [0.25, 0.3) is 0 Å². The molecule has 0 aliphatic heterocycles. The first-order valence-corrected chi connectivity index (χ1v) is 5.17. The van der Waals surface area contributed by atoms with Crippen LogP contribution in [-0.4, -0.2) is 12.9 Å². The summed E-state index contributed by atoms with van der Waals surface area (Å²) in [7, 11) is 1.72. The van der Waals surface area contributed by atoms with Gasteiger partial charge in [0, 0.05) is 7.11 Å². The van der Waals surface area contributed by atoms with Gasteiger partial charge >= 0.3 is 0 Å². The topological polar surface area (TPSA) is 9.23 Å². The summed E-state index contributed by atoms with van der Waals surface area (Å²) in [6.45, 7) is 0.703. The molecule has 72 valence electrons. The highest BCUT2D eigenvalue weighted by Gasteiger charge is 1.95. The first-order valence-electron chi connectivity index (χ1n) is 4.54. The molecule has 0 spiro atoms. The zero-order valence-corrected chi connectivity index (χ0v) is 8.89. The van der Waals surface area contributed by atoms with E-state index in [9.17, 15) is 0 Å². The van der Waals surface area contributed by atoms with E-state index in [2.05, 4.69) is 36.9 Å². The van der Waals surface area contributed by atoms with E-state index in [0.717, 1.165) is 18.6 Å². The molecule has 1 nitrogen and oxygen atoms in total. The van der Waals surface area contributed by atoms with E-state index >= 15 is 0 Å². The molecule has 0 aliphatic carbocycles. The molecule has 0 fully saturated rings. The maximum absolute atomic E-state index is 5.07. The Kier molecular flexibility index (Phi) is 4.94. The van der Waals surface area contributed by atoms with Crippen LogP contribution >= 0.6 is 12.6 Å². The van der Waals surface area contributed by atoms with Gasteiger partial charge < -0.3 is 4.74 Å². The van der Waals surface area contributed by atoms with E-state index in [1.165, 1.54) is 11.1 Å². The van der Waals surface area contributed by atoms with Gasteiger partial charge in [-0.2, -0.15) is 12.6 Å². The van der Waals surface area contributed by atoms with Crippen LogP contribution < -0.4 is 0 Å². The summed E-state index contributed by atoms with van der Waals surface area (Å²) in [5, 5.41) is 0. The molecule has 0 bridgehead atoms. The second-order valence-electron chi connectivity index (χ2n) is 3.08.